The van der Waals surface area contributed by atoms with E-state index in [1.54, 1.807) is 30.1 Å². The molecule has 8 nitrogen and oxygen atoms in total. The van der Waals surface area contributed by atoms with E-state index < -0.39 is 0 Å². The summed E-state index contributed by atoms with van der Waals surface area (Å²) in [4.78, 5) is 12.8. The number of hydrogen-bond donors (Lipinski definition) is 0. The number of aromatic nitrogens is 3. The molecule has 1 aliphatic rings. The zero-order chi connectivity index (χ0) is 19.7. The number of methoxy groups -OCH3 is 1. The molecule has 1 aliphatic heterocycles. The van der Waals surface area contributed by atoms with Crippen molar-refractivity contribution in [1.29, 1.82) is 0 Å². The topological polar surface area (TPSA) is 88.6 Å². The molecule has 0 fully saturated rings. The number of rotatable bonds is 6. The Hall–Kier alpha value is -3.29. The molecule has 0 N–H and O–H groups in total. The summed E-state index contributed by atoms with van der Waals surface area (Å²) in [5.41, 5.74) is 3.18. The third-order valence-corrected chi connectivity index (χ3v) is 4.70. The molecule has 3 heterocycles. The molecule has 1 aromatic carbocycles. The standard InChI is InChI=1S/C20H21N3O5/c1-12-16(13(2)28-22-12)11-23-10-14(9-21-23)6-17(24)15-7-18(25-3)20-19(8-15)26-4-5-27-20/h7-10H,4-6,11H2,1-3H3. The van der Waals surface area contributed by atoms with Gasteiger partial charge in [-0.15, -0.1) is 0 Å². The van der Waals surface area contributed by atoms with Crippen LogP contribution in [0.25, 0.3) is 0 Å². The van der Waals surface area contributed by atoms with Crippen molar-refractivity contribution >= 4 is 5.78 Å². The van der Waals surface area contributed by atoms with Crippen molar-refractivity contribution in [3.63, 3.8) is 0 Å². The average Bonchev–Trinajstić information content (AvgIpc) is 3.28. The molecule has 2 aromatic heterocycles. The van der Waals surface area contributed by atoms with Crippen LogP contribution in [-0.2, 0) is 13.0 Å². The average molecular weight is 383 g/mol. The quantitative estimate of drug-likeness (QED) is 0.605. The van der Waals surface area contributed by atoms with Crippen molar-refractivity contribution in [2.24, 2.45) is 0 Å². The van der Waals surface area contributed by atoms with E-state index in [-0.39, 0.29) is 12.2 Å². The summed E-state index contributed by atoms with van der Waals surface area (Å²) in [5.74, 6) is 2.29. The van der Waals surface area contributed by atoms with Crippen molar-refractivity contribution in [2.75, 3.05) is 20.3 Å². The van der Waals surface area contributed by atoms with Gasteiger partial charge in [0.05, 0.1) is 25.5 Å². The Balaban J connectivity index is 1.51. The summed E-state index contributed by atoms with van der Waals surface area (Å²) in [5, 5.41) is 8.30. The Morgan fingerprint density at radius 2 is 2.07 bits per heavy atom. The lowest BCUT2D eigenvalue weighted by Gasteiger charge is -2.21. The van der Waals surface area contributed by atoms with E-state index >= 15 is 0 Å². The lowest BCUT2D eigenvalue weighted by molar-refractivity contribution is 0.0991. The van der Waals surface area contributed by atoms with Crippen molar-refractivity contribution < 1.29 is 23.5 Å². The second-order valence-corrected chi connectivity index (χ2v) is 6.65. The van der Waals surface area contributed by atoms with Crippen molar-refractivity contribution in [1.82, 2.24) is 14.9 Å². The number of benzene rings is 1. The minimum atomic E-state index is -0.0489. The van der Waals surface area contributed by atoms with E-state index in [2.05, 4.69) is 10.3 Å². The highest BCUT2D eigenvalue weighted by molar-refractivity contribution is 5.98. The fourth-order valence-corrected chi connectivity index (χ4v) is 3.20. The van der Waals surface area contributed by atoms with Crippen molar-refractivity contribution in [3.05, 3.63) is 52.7 Å². The summed E-state index contributed by atoms with van der Waals surface area (Å²) in [6.45, 7) is 5.23. The van der Waals surface area contributed by atoms with Crippen LogP contribution in [0.2, 0.25) is 0 Å². The SMILES string of the molecule is COc1cc(C(=O)Cc2cnn(Cc3c(C)noc3C)c2)cc2c1OCCO2. The van der Waals surface area contributed by atoms with Gasteiger partial charge in [0.15, 0.2) is 17.3 Å². The van der Waals surface area contributed by atoms with Crippen LogP contribution in [0.3, 0.4) is 0 Å². The molecular formula is C20H21N3O5. The molecule has 3 aromatic rings. The minimum Gasteiger partial charge on any atom is -0.493 e. The van der Waals surface area contributed by atoms with Gasteiger partial charge in [-0.2, -0.15) is 5.10 Å². The van der Waals surface area contributed by atoms with E-state index in [1.165, 1.54) is 0 Å². The predicted octanol–water partition coefficient (Wildman–Crippen LogP) is 2.74. The van der Waals surface area contributed by atoms with Crippen LogP contribution in [0.4, 0.5) is 0 Å². The number of ether oxygens (including phenoxy) is 3. The Bertz CT molecular complexity index is 984. The first-order valence-corrected chi connectivity index (χ1v) is 8.99. The van der Waals surface area contributed by atoms with E-state index in [0.717, 1.165) is 22.6 Å². The Labute approximate surface area is 162 Å². The lowest BCUT2D eigenvalue weighted by Crippen LogP contribution is -2.17. The van der Waals surface area contributed by atoms with Crippen LogP contribution >= 0.6 is 0 Å². The maximum Gasteiger partial charge on any atom is 0.203 e. The van der Waals surface area contributed by atoms with Gasteiger partial charge in [-0.05, 0) is 31.5 Å². The Morgan fingerprint density at radius 1 is 1.25 bits per heavy atom. The maximum absolute atomic E-state index is 12.8. The van der Waals surface area contributed by atoms with Crippen LogP contribution in [0.1, 0.15) is 32.9 Å². The first-order valence-electron chi connectivity index (χ1n) is 8.99. The highest BCUT2D eigenvalue weighted by atomic mass is 16.6. The smallest absolute Gasteiger partial charge is 0.203 e. The summed E-state index contributed by atoms with van der Waals surface area (Å²) in [7, 11) is 1.54. The maximum atomic E-state index is 12.8. The van der Waals surface area contributed by atoms with E-state index in [1.807, 2.05) is 20.0 Å². The molecule has 0 unspecified atom stereocenters. The Morgan fingerprint density at radius 3 is 2.82 bits per heavy atom. The Kier molecular flexibility index (Phi) is 4.77. The molecule has 0 amide bonds. The molecule has 4 rings (SSSR count). The van der Waals surface area contributed by atoms with E-state index in [9.17, 15) is 4.79 Å². The summed E-state index contributed by atoms with van der Waals surface area (Å²) in [6.07, 6.45) is 3.79. The molecule has 28 heavy (non-hydrogen) atoms. The number of Topliss-reactive ketones (excluding diaryl/α,β-unsaturated/α-hetero) is 1. The van der Waals surface area contributed by atoms with Crippen LogP contribution in [-0.4, -0.2) is 41.0 Å². The molecular weight excluding hydrogens is 362 g/mol. The molecule has 146 valence electrons. The van der Waals surface area contributed by atoms with Gasteiger partial charge >= 0.3 is 0 Å². The first-order chi connectivity index (χ1) is 13.5. The van der Waals surface area contributed by atoms with Crippen molar-refractivity contribution in [3.8, 4) is 17.2 Å². The second-order valence-electron chi connectivity index (χ2n) is 6.65. The molecule has 0 aliphatic carbocycles. The molecule has 0 saturated heterocycles. The van der Waals surface area contributed by atoms with Gasteiger partial charge < -0.3 is 18.7 Å². The van der Waals surface area contributed by atoms with E-state index in [4.69, 9.17) is 18.7 Å². The van der Waals surface area contributed by atoms with Crippen LogP contribution in [0.5, 0.6) is 17.2 Å². The highest BCUT2D eigenvalue weighted by Crippen LogP contribution is 2.40. The number of carbonyl (C=O) groups excluding carboxylic acids is 1. The molecule has 0 bridgehead atoms. The summed E-state index contributed by atoms with van der Waals surface area (Å²) in [6, 6.07) is 3.39. The van der Waals surface area contributed by atoms with Gasteiger partial charge in [0.25, 0.3) is 0 Å². The van der Waals surface area contributed by atoms with Crippen LogP contribution < -0.4 is 14.2 Å². The number of hydrogen-bond acceptors (Lipinski definition) is 7. The predicted molar refractivity (Wildman–Crippen MR) is 99.3 cm³/mol. The van der Waals surface area contributed by atoms with Gasteiger partial charge in [0.1, 0.15) is 19.0 Å². The highest BCUT2D eigenvalue weighted by Gasteiger charge is 2.21. The molecule has 0 radical (unpaired) electrons. The van der Waals surface area contributed by atoms with Crippen molar-refractivity contribution in [2.45, 2.75) is 26.8 Å². The molecule has 0 spiro atoms. The minimum absolute atomic E-state index is 0.0489. The summed E-state index contributed by atoms with van der Waals surface area (Å²) < 4.78 is 23.5. The molecule has 0 saturated carbocycles. The van der Waals surface area contributed by atoms with Gasteiger partial charge in [-0.1, -0.05) is 5.16 Å². The third kappa shape index (κ3) is 3.45. The normalized spacial score (nSPS) is 12.8. The summed E-state index contributed by atoms with van der Waals surface area (Å²) >= 11 is 0. The monoisotopic (exact) mass is 383 g/mol. The fraction of sp³-hybridized carbons (Fsp3) is 0.350. The zero-order valence-electron chi connectivity index (χ0n) is 16.0. The number of aryl methyl sites for hydroxylation is 2. The molecule has 0 atom stereocenters. The van der Waals surface area contributed by atoms with Gasteiger partial charge in [-0.3, -0.25) is 9.48 Å². The lowest BCUT2D eigenvalue weighted by atomic mass is 10.0. The number of ketones is 1. The van der Waals surface area contributed by atoms with Gasteiger partial charge in [0, 0.05) is 23.7 Å². The molecule has 8 heteroatoms. The number of fused-ring (bicyclic) bond motifs is 1. The third-order valence-electron chi connectivity index (χ3n) is 4.70. The van der Waals surface area contributed by atoms with Gasteiger partial charge in [0.2, 0.25) is 5.75 Å². The zero-order valence-corrected chi connectivity index (χ0v) is 16.0. The number of nitrogens with zero attached hydrogens (tertiary/aromatic N) is 3. The first kappa shape index (κ1) is 18.1. The largest absolute Gasteiger partial charge is 0.493 e. The fourth-order valence-electron chi connectivity index (χ4n) is 3.20. The van der Waals surface area contributed by atoms with E-state index in [0.29, 0.717) is 42.6 Å². The van der Waals surface area contributed by atoms with Crippen LogP contribution in [0, 0.1) is 13.8 Å². The van der Waals surface area contributed by atoms with Crippen LogP contribution in [0.15, 0.2) is 29.0 Å². The second kappa shape index (κ2) is 7.38. The van der Waals surface area contributed by atoms with Gasteiger partial charge in [-0.25, -0.2) is 0 Å². The number of carbonyl (C=O) groups is 1.